The van der Waals surface area contributed by atoms with Crippen molar-refractivity contribution in [3.63, 3.8) is 0 Å². The Morgan fingerprint density at radius 1 is 1.04 bits per heavy atom. The molecule has 2 heterocycles. The Kier molecular flexibility index (Phi) is 3.67. The first kappa shape index (κ1) is 15.1. The molecule has 0 unspecified atom stereocenters. The van der Waals surface area contributed by atoms with Crippen LogP contribution in [0.3, 0.4) is 0 Å². The molecule has 2 aromatic carbocycles. The molecule has 0 atom stereocenters. The molecule has 0 saturated heterocycles. The van der Waals surface area contributed by atoms with Crippen LogP contribution in [-0.4, -0.2) is 14.6 Å². The van der Waals surface area contributed by atoms with E-state index in [0.717, 1.165) is 11.1 Å². The van der Waals surface area contributed by atoms with E-state index in [2.05, 4.69) is 10.2 Å². The maximum absolute atomic E-state index is 12.8. The summed E-state index contributed by atoms with van der Waals surface area (Å²) in [5.74, 6) is 0.534. The van der Waals surface area contributed by atoms with Crippen molar-refractivity contribution in [1.82, 2.24) is 14.6 Å². The summed E-state index contributed by atoms with van der Waals surface area (Å²) in [6, 6.07) is 15.2. The van der Waals surface area contributed by atoms with Gasteiger partial charge in [0, 0.05) is 10.6 Å². The minimum absolute atomic E-state index is 0.106. The predicted molar refractivity (Wildman–Crippen MR) is 97.5 cm³/mol. The average molecular weight is 354 g/mol. The molecule has 4 nitrogen and oxygen atoms in total. The summed E-state index contributed by atoms with van der Waals surface area (Å²) in [7, 11) is 0. The van der Waals surface area contributed by atoms with Gasteiger partial charge in [-0.3, -0.25) is 4.79 Å². The number of halogens is 1. The van der Waals surface area contributed by atoms with Crippen molar-refractivity contribution in [3.8, 4) is 11.4 Å². The lowest BCUT2D eigenvalue weighted by atomic mass is 10.1. The van der Waals surface area contributed by atoms with Gasteiger partial charge in [-0.05, 0) is 42.8 Å². The van der Waals surface area contributed by atoms with Crippen LogP contribution in [0, 0.1) is 6.92 Å². The first-order chi connectivity index (χ1) is 11.6. The van der Waals surface area contributed by atoms with Crippen LogP contribution in [0.4, 0.5) is 0 Å². The van der Waals surface area contributed by atoms with Crippen molar-refractivity contribution >= 4 is 34.0 Å². The van der Waals surface area contributed by atoms with Crippen LogP contribution >= 0.6 is 22.9 Å². The van der Waals surface area contributed by atoms with Crippen LogP contribution in [0.15, 0.2) is 53.3 Å². The van der Waals surface area contributed by atoms with Crippen molar-refractivity contribution in [1.29, 1.82) is 0 Å². The third-order valence-corrected chi connectivity index (χ3v) is 4.94. The van der Waals surface area contributed by atoms with Gasteiger partial charge in [-0.1, -0.05) is 52.8 Å². The van der Waals surface area contributed by atoms with Gasteiger partial charge in [0.15, 0.2) is 5.82 Å². The molecular formula is C18H12ClN3OS. The number of aryl methyl sites for hydroxylation is 1. The van der Waals surface area contributed by atoms with Crippen molar-refractivity contribution in [2.45, 2.75) is 6.92 Å². The summed E-state index contributed by atoms with van der Waals surface area (Å²) < 4.78 is 2.19. The van der Waals surface area contributed by atoms with Crippen LogP contribution in [0.2, 0.25) is 5.02 Å². The van der Waals surface area contributed by atoms with E-state index >= 15 is 0 Å². The molecule has 4 aromatic rings. The average Bonchev–Trinajstić information content (AvgIpc) is 3.12. The van der Waals surface area contributed by atoms with Gasteiger partial charge >= 0.3 is 0 Å². The molecule has 0 radical (unpaired) electrons. The largest absolute Gasteiger partial charge is 0.276 e. The van der Waals surface area contributed by atoms with Gasteiger partial charge in [-0.25, -0.2) is 4.40 Å². The Labute approximate surface area is 146 Å². The lowest BCUT2D eigenvalue weighted by Gasteiger charge is -1.96. The highest BCUT2D eigenvalue weighted by atomic mass is 35.5. The van der Waals surface area contributed by atoms with Crippen LogP contribution in [0.25, 0.3) is 22.4 Å². The molecule has 0 fully saturated rings. The Bertz CT molecular complexity index is 1130. The SMILES string of the molecule is Cc1ccc(/C=c2/sc3nnc(-c4ccc(Cl)cc4)n3c2=O)cc1. The van der Waals surface area contributed by atoms with E-state index in [-0.39, 0.29) is 5.56 Å². The highest BCUT2D eigenvalue weighted by molar-refractivity contribution is 7.15. The van der Waals surface area contributed by atoms with Gasteiger partial charge in [-0.2, -0.15) is 0 Å². The molecule has 0 N–H and O–H groups in total. The summed E-state index contributed by atoms with van der Waals surface area (Å²) in [5, 5.41) is 8.91. The summed E-state index contributed by atoms with van der Waals surface area (Å²) in [6.07, 6.45) is 1.88. The van der Waals surface area contributed by atoms with E-state index in [1.807, 2.05) is 49.4 Å². The normalized spacial score (nSPS) is 12.2. The van der Waals surface area contributed by atoms with Crippen LogP contribution < -0.4 is 10.1 Å². The van der Waals surface area contributed by atoms with Gasteiger partial charge in [-0.15, -0.1) is 10.2 Å². The number of fused-ring (bicyclic) bond motifs is 1. The summed E-state index contributed by atoms with van der Waals surface area (Å²) in [5.41, 5.74) is 2.88. The minimum Gasteiger partial charge on any atom is -0.267 e. The zero-order chi connectivity index (χ0) is 16.7. The van der Waals surface area contributed by atoms with E-state index in [9.17, 15) is 4.79 Å². The van der Waals surface area contributed by atoms with Crippen LogP contribution in [-0.2, 0) is 0 Å². The summed E-state index contributed by atoms with van der Waals surface area (Å²) in [4.78, 5) is 13.3. The van der Waals surface area contributed by atoms with Gasteiger partial charge < -0.3 is 0 Å². The minimum atomic E-state index is -0.106. The van der Waals surface area contributed by atoms with Crippen molar-refractivity contribution in [2.24, 2.45) is 0 Å². The Balaban J connectivity index is 1.89. The highest BCUT2D eigenvalue weighted by Gasteiger charge is 2.13. The van der Waals surface area contributed by atoms with Gasteiger partial charge in [0.05, 0.1) is 4.53 Å². The summed E-state index contributed by atoms with van der Waals surface area (Å²) >= 11 is 7.26. The molecule has 6 heteroatoms. The van der Waals surface area contributed by atoms with Crippen LogP contribution in [0.1, 0.15) is 11.1 Å². The summed E-state index contributed by atoms with van der Waals surface area (Å²) in [6.45, 7) is 2.03. The standard InChI is InChI=1S/C18H12ClN3OS/c1-11-2-4-12(5-3-11)10-15-17(23)22-16(20-21-18(22)24-15)13-6-8-14(19)9-7-13/h2-10H,1H3/b15-10+. The molecule has 2 aromatic heterocycles. The van der Waals surface area contributed by atoms with Gasteiger partial charge in [0.25, 0.3) is 5.56 Å². The number of hydrogen-bond acceptors (Lipinski definition) is 4. The van der Waals surface area contributed by atoms with Gasteiger partial charge in [0.2, 0.25) is 4.96 Å². The fraction of sp³-hybridized carbons (Fsp3) is 0.0556. The zero-order valence-electron chi connectivity index (χ0n) is 12.7. The third kappa shape index (κ3) is 2.62. The second-order valence-electron chi connectivity index (χ2n) is 5.47. The second-order valence-corrected chi connectivity index (χ2v) is 6.92. The molecule has 0 saturated carbocycles. The quantitative estimate of drug-likeness (QED) is 0.555. The van der Waals surface area contributed by atoms with E-state index in [1.54, 1.807) is 16.5 Å². The molecule has 118 valence electrons. The Morgan fingerprint density at radius 3 is 2.46 bits per heavy atom. The molecule has 0 aliphatic rings. The number of rotatable bonds is 2. The first-order valence-corrected chi connectivity index (χ1v) is 8.53. The van der Waals surface area contributed by atoms with E-state index in [1.165, 1.54) is 16.9 Å². The first-order valence-electron chi connectivity index (χ1n) is 7.34. The molecule has 24 heavy (non-hydrogen) atoms. The van der Waals surface area contributed by atoms with E-state index < -0.39 is 0 Å². The fourth-order valence-corrected chi connectivity index (χ4v) is 3.50. The number of nitrogens with zero attached hydrogens (tertiary/aromatic N) is 3. The topological polar surface area (TPSA) is 47.3 Å². The predicted octanol–water partition coefficient (Wildman–Crippen LogP) is 3.33. The molecule has 4 rings (SSSR count). The van der Waals surface area contributed by atoms with Crippen molar-refractivity contribution < 1.29 is 0 Å². The maximum Gasteiger partial charge on any atom is 0.276 e. The van der Waals surface area contributed by atoms with Crippen LogP contribution in [0.5, 0.6) is 0 Å². The molecule has 0 amide bonds. The Morgan fingerprint density at radius 2 is 1.75 bits per heavy atom. The molecule has 0 aliphatic carbocycles. The van der Waals surface area contributed by atoms with E-state index in [4.69, 9.17) is 11.6 Å². The number of benzene rings is 2. The molecule has 0 aliphatic heterocycles. The molecule has 0 spiro atoms. The van der Waals surface area contributed by atoms with Crippen molar-refractivity contribution in [2.75, 3.05) is 0 Å². The fourth-order valence-electron chi connectivity index (χ4n) is 2.46. The second kappa shape index (κ2) is 5.85. The Hall–Kier alpha value is -2.50. The number of thiazole rings is 1. The van der Waals surface area contributed by atoms with Gasteiger partial charge in [0.1, 0.15) is 0 Å². The zero-order valence-corrected chi connectivity index (χ0v) is 14.3. The monoisotopic (exact) mass is 353 g/mol. The highest BCUT2D eigenvalue weighted by Crippen LogP contribution is 2.20. The molecule has 0 bridgehead atoms. The third-order valence-electron chi connectivity index (χ3n) is 3.73. The number of hydrogen-bond donors (Lipinski definition) is 0. The lowest BCUT2D eigenvalue weighted by Crippen LogP contribution is -2.23. The van der Waals surface area contributed by atoms with Crippen molar-refractivity contribution in [3.05, 3.63) is 79.6 Å². The maximum atomic E-state index is 12.8. The smallest absolute Gasteiger partial charge is 0.267 e. The van der Waals surface area contributed by atoms with E-state index in [0.29, 0.717) is 20.3 Å². The lowest BCUT2D eigenvalue weighted by molar-refractivity contribution is 1.09. The molecular weight excluding hydrogens is 342 g/mol. The number of aromatic nitrogens is 3.